The second-order valence-electron chi connectivity index (χ2n) is 13.0. The van der Waals surface area contributed by atoms with Gasteiger partial charge in [0.15, 0.2) is 18.3 Å². The number of carbonyl (C=O) groups is 5. The van der Waals surface area contributed by atoms with Crippen molar-refractivity contribution >= 4 is 29.8 Å². The molecule has 0 aromatic heterocycles. The SMILES string of the molecule is CC(=O)O[C@H]1[C@H](OC(C)=O)C(C)=C[C@H]2[C@@H](OC(=O)c3ccccc3)[C@H](C)C[C@]2(O)[C@@H](OC(C)=O)[C@@H](C)C=CC(C)(C)[C@@H]1OC(C)=O. The van der Waals surface area contributed by atoms with Gasteiger partial charge >= 0.3 is 29.8 Å². The molecule has 9 atom stereocenters. The first-order valence-corrected chi connectivity index (χ1v) is 15.4. The Morgan fingerprint density at radius 3 is 1.85 bits per heavy atom. The molecule has 0 heterocycles. The Morgan fingerprint density at radius 1 is 0.761 bits per heavy atom. The maximum Gasteiger partial charge on any atom is 0.338 e. The third kappa shape index (κ3) is 8.43. The van der Waals surface area contributed by atoms with Gasteiger partial charge in [-0.2, -0.15) is 0 Å². The number of hydrogen-bond donors (Lipinski definition) is 1. The summed E-state index contributed by atoms with van der Waals surface area (Å²) in [5, 5.41) is 12.6. The van der Waals surface area contributed by atoms with Gasteiger partial charge in [0.25, 0.3) is 0 Å². The Labute approximate surface area is 270 Å². The normalized spacial score (nSPS) is 32.3. The molecule has 1 saturated carbocycles. The number of aliphatic hydroxyl groups is 1. The summed E-state index contributed by atoms with van der Waals surface area (Å²) in [7, 11) is 0. The number of carbonyl (C=O) groups excluding carboxylic acids is 5. The Balaban J connectivity index is 2.33. The zero-order valence-electron chi connectivity index (χ0n) is 28.0. The Hall–Kier alpha value is -3.99. The van der Waals surface area contributed by atoms with Crippen molar-refractivity contribution in [1.82, 2.24) is 0 Å². The molecule has 0 aliphatic heterocycles. The Morgan fingerprint density at radius 2 is 1.30 bits per heavy atom. The largest absolute Gasteiger partial charge is 0.459 e. The highest BCUT2D eigenvalue weighted by Crippen LogP contribution is 2.49. The highest BCUT2D eigenvalue weighted by atomic mass is 16.6. The van der Waals surface area contributed by atoms with Gasteiger partial charge in [0.05, 0.1) is 5.56 Å². The van der Waals surface area contributed by atoms with Gasteiger partial charge in [-0.05, 0) is 37.0 Å². The van der Waals surface area contributed by atoms with Gasteiger partial charge in [-0.1, -0.05) is 64.1 Å². The van der Waals surface area contributed by atoms with Crippen molar-refractivity contribution < 1.29 is 52.8 Å². The summed E-state index contributed by atoms with van der Waals surface area (Å²) < 4.78 is 29.2. The van der Waals surface area contributed by atoms with Crippen LogP contribution in [0, 0.1) is 23.2 Å². The molecular formula is C35H46O11. The van der Waals surface area contributed by atoms with Crippen LogP contribution in [0.15, 0.2) is 54.1 Å². The molecule has 0 bridgehead atoms. The van der Waals surface area contributed by atoms with E-state index in [-0.39, 0.29) is 6.42 Å². The molecule has 1 N–H and O–H groups in total. The molecule has 1 aromatic rings. The van der Waals surface area contributed by atoms with E-state index >= 15 is 0 Å². The predicted molar refractivity (Wildman–Crippen MR) is 166 cm³/mol. The summed E-state index contributed by atoms with van der Waals surface area (Å²) in [6, 6.07) is 8.40. The highest BCUT2D eigenvalue weighted by molar-refractivity contribution is 5.89. The fraction of sp³-hybridized carbons (Fsp3) is 0.571. The molecule has 46 heavy (non-hydrogen) atoms. The number of esters is 5. The fourth-order valence-electron chi connectivity index (χ4n) is 6.62. The van der Waals surface area contributed by atoms with Crippen LogP contribution >= 0.6 is 0 Å². The van der Waals surface area contributed by atoms with Crippen molar-refractivity contribution in [1.29, 1.82) is 0 Å². The predicted octanol–water partition coefficient (Wildman–Crippen LogP) is 4.50. The van der Waals surface area contributed by atoms with E-state index < -0.39 is 89.1 Å². The fourth-order valence-corrected chi connectivity index (χ4v) is 6.62. The molecule has 0 amide bonds. The summed E-state index contributed by atoms with van der Waals surface area (Å²) in [5.74, 6) is -5.27. The number of benzene rings is 1. The van der Waals surface area contributed by atoms with Gasteiger partial charge in [-0.15, -0.1) is 0 Å². The molecule has 0 unspecified atom stereocenters. The first kappa shape index (κ1) is 36.5. The van der Waals surface area contributed by atoms with E-state index in [1.54, 1.807) is 76.3 Å². The summed E-state index contributed by atoms with van der Waals surface area (Å²) in [4.78, 5) is 63.1. The first-order chi connectivity index (χ1) is 21.4. The molecule has 2 aliphatic carbocycles. The third-order valence-electron chi connectivity index (χ3n) is 8.60. The van der Waals surface area contributed by atoms with Crippen molar-refractivity contribution in [3.8, 4) is 0 Å². The summed E-state index contributed by atoms with van der Waals surface area (Å²) >= 11 is 0. The molecule has 0 saturated heterocycles. The van der Waals surface area contributed by atoms with Crippen LogP contribution in [0.4, 0.5) is 0 Å². The van der Waals surface area contributed by atoms with Crippen LogP contribution in [0.25, 0.3) is 0 Å². The van der Waals surface area contributed by atoms with Crippen LogP contribution < -0.4 is 0 Å². The minimum absolute atomic E-state index is 0.0926. The minimum atomic E-state index is -1.76. The number of hydrogen-bond acceptors (Lipinski definition) is 11. The van der Waals surface area contributed by atoms with E-state index in [1.165, 1.54) is 27.7 Å². The monoisotopic (exact) mass is 642 g/mol. The zero-order valence-corrected chi connectivity index (χ0v) is 28.0. The zero-order chi connectivity index (χ0) is 34.6. The van der Waals surface area contributed by atoms with Crippen molar-refractivity contribution in [3.05, 3.63) is 59.7 Å². The summed E-state index contributed by atoms with van der Waals surface area (Å²) in [6.45, 7) is 13.6. The van der Waals surface area contributed by atoms with Gasteiger partial charge < -0.3 is 28.8 Å². The molecule has 11 heteroatoms. The van der Waals surface area contributed by atoms with Crippen LogP contribution in [-0.2, 0) is 42.9 Å². The molecule has 3 rings (SSSR count). The summed E-state index contributed by atoms with van der Waals surface area (Å²) in [5.41, 5.74) is -2.15. The maximum absolute atomic E-state index is 13.3. The number of ether oxygens (including phenoxy) is 5. The van der Waals surface area contributed by atoms with Gasteiger partial charge in [-0.3, -0.25) is 19.2 Å². The van der Waals surface area contributed by atoms with Crippen LogP contribution in [-0.4, -0.2) is 71.1 Å². The van der Waals surface area contributed by atoms with E-state index in [9.17, 15) is 29.1 Å². The number of rotatable bonds is 6. The average molecular weight is 643 g/mol. The topological polar surface area (TPSA) is 152 Å². The second kappa shape index (κ2) is 14.6. The molecule has 1 aromatic carbocycles. The molecule has 11 nitrogen and oxygen atoms in total. The number of fused-ring (bicyclic) bond motifs is 1. The van der Waals surface area contributed by atoms with E-state index in [0.29, 0.717) is 11.1 Å². The van der Waals surface area contributed by atoms with E-state index in [4.69, 9.17) is 23.7 Å². The van der Waals surface area contributed by atoms with E-state index in [2.05, 4.69) is 0 Å². The standard InChI is InChI=1S/C35H46O11/c1-19-15-16-34(8,9)32(45-25(7)39)30(43-23(5)37)29(42-22(4)36)20(2)17-27-28(46-33(40)26-13-11-10-12-14-26)21(3)18-35(27,41)31(19)44-24(6)38/h10-17,19,21,27-32,41H,18H2,1-9H3/t19-,21+,27-,28-,29+,30-,31-,32+,35+/m0/s1. The van der Waals surface area contributed by atoms with Gasteiger partial charge in [0.2, 0.25) is 0 Å². The average Bonchev–Trinajstić information content (AvgIpc) is 3.19. The Bertz CT molecular complexity index is 1360. The van der Waals surface area contributed by atoms with Crippen molar-refractivity contribution in [2.45, 2.75) is 105 Å². The summed E-state index contributed by atoms with van der Waals surface area (Å²) in [6.07, 6.45) is -0.578. The smallest absolute Gasteiger partial charge is 0.338 e. The van der Waals surface area contributed by atoms with Crippen molar-refractivity contribution in [2.24, 2.45) is 23.2 Å². The lowest BCUT2D eigenvalue weighted by Gasteiger charge is -2.42. The van der Waals surface area contributed by atoms with E-state index in [0.717, 1.165) is 0 Å². The lowest BCUT2D eigenvalue weighted by molar-refractivity contribution is -0.188. The molecule has 252 valence electrons. The molecule has 0 spiro atoms. The van der Waals surface area contributed by atoms with Gasteiger partial charge in [0.1, 0.15) is 17.8 Å². The first-order valence-electron chi connectivity index (χ1n) is 15.4. The third-order valence-corrected chi connectivity index (χ3v) is 8.60. The maximum atomic E-state index is 13.3. The molecular weight excluding hydrogens is 596 g/mol. The van der Waals surface area contributed by atoms with Crippen LogP contribution in [0.1, 0.15) is 79.1 Å². The van der Waals surface area contributed by atoms with Crippen molar-refractivity contribution in [3.63, 3.8) is 0 Å². The van der Waals surface area contributed by atoms with Crippen molar-refractivity contribution in [2.75, 3.05) is 0 Å². The van der Waals surface area contributed by atoms with Crippen LogP contribution in [0.2, 0.25) is 0 Å². The second-order valence-corrected chi connectivity index (χ2v) is 13.0. The lowest BCUT2D eigenvalue weighted by Crippen LogP contribution is -2.54. The van der Waals surface area contributed by atoms with Crippen LogP contribution in [0.3, 0.4) is 0 Å². The molecule has 0 radical (unpaired) electrons. The van der Waals surface area contributed by atoms with E-state index in [1.807, 2.05) is 6.92 Å². The van der Waals surface area contributed by atoms with Gasteiger partial charge in [0, 0.05) is 44.9 Å². The Kier molecular flexibility index (Phi) is 11.6. The highest BCUT2D eigenvalue weighted by Gasteiger charge is 2.59. The lowest BCUT2D eigenvalue weighted by atomic mass is 9.74. The quantitative estimate of drug-likeness (QED) is 0.265. The molecule has 1 fully saturated rings. The molecule has 2 aliphatic rings. The van der Waals surface area contributed by atoms with Crippen LogP contribution in [0.5, 0.6) is 0 Å². The van der Waals surface area contributed by atoms with Gasteiger partial charge in [-0.25, -0.2) is 4.79 Å². The minimum Gasteiger partial charge on any atom is -0.459 e.